The Bertz CT molecular complexity index is 372. The molecule has 1 heterocycles. The smallest absolute Gasteiger partial charge is 0.320 e. The minimum atomic E-state index is -4.32. The highest BCUT2D eigenvalue weighted by Gasteiger charge is 2.37. The van der Waals surface area contributed by atoms with Crippen LogP contribution in [-0.2, 0) is 11.6 Å². The van der Waals surface area contributed by atoms with E-state index in [1.165, 1.54) is 12.4 Å². The van der Waals surface area contributed by atoms with Crippen LogP contribution in [0.25, 0.3) is 0 Å². The Labute approximate surface area is 99.3 Å². The summed E-state index contributed by atoms with van der Waals surface area (Å²) in [6, 6.07) is 1.04. The van der Waals surface area contributed by atoms with Gasteiger partial charge in [-0.05, 0) is 37.1 Å². The molecule has 17 heavy (non-hydrogen) atoms. The molecule has 0 amide bonds. The normalized spacial score (nSPS) is 12.8. The molecule has 0 radical (unpaired) electrons. The minimum Gasteiger partial charge on any atom is -0.320 e. The van der Waals surface area contributed by atoms with Gasteiger partial charge in [-0.15, -0.1) is 0 Å². The summed E-state index contributed by atoms with van der Waals surface area (Å²) in [5, 5.41) is 2.95. The zero-order valence-corrected chi connectivity index (χ0v) is 10.2. The number of nitrogens with one attached hydrogen (secondary N) is 1. The van der Waals surface area contributed by atoms with Crippen LogP contribution in [0.5, 0.6) is 0 Å². The highest BCUT2D eigenvalue weighted by Crippen LogP contribution is 2.38. The summed E-state index contributed by atoms with van der Waals surface area (Å²) in [6.45, 7) is 4.27. The van der Waals surface area contributed by atoms with Gasteiger partial charge in [-0.25, -0.2) is 0 Å². The predicted molar refractivity (Wildman–Crippen MR) is 60.8 cm³/mol. The number of hydrogen-bond acceptors (Lipinski definition) is 2. The van der Waals surface area contributed by atoms with Gasteiger partial charge in [-0.3, -0.25) is 4.98 Å². The number of hydrogen-bond donors (Lipinski definition) is 1. The average Bonchev–Trinajstić information content (AvgIpc) is 2.25. The van der Waals surface area contributed by atoms with E-state index in [2.05, 4.69) is 10.3 Å². The monoisotopic (exact) mass is 246 g/mol. The summed E-state index contributed by atoms with van der Waals surface area (Å²) in [7, 11) is 1.78. The van der Waals surface area contributed by atoms with Crippen LogP contribution in [0.2, 0.25) is 0 Å². The van der Waals surface area contributed by atoms with Gasteiger partial charge in [0.1, 0.15) is 0 Å². The van der Waals surface area contributed by atoms with E-state index >= 15 is 0 Å². The molecule has 1 aromatic rings. The zero-order chi connectivity index (χ0) is 13.1. The average molecular weight is 246 g/mol. The van der Waals surface area contributed by atoms with Gasteiger partial charge in [0.15, 0.2) is 0 Å². The molecule has 0 aliphatic rings. The second-order valence-electron chi connectivity index (χ2n) is 4.66. The lowest BCUT2D eigenvalue weighted by Gasteiger charge is -2.28. The topological polar surface area (TPSA) is 24.9 Å². The number of nitrogens with zero attached hydrogens (tertiary/aromatic N) is 1. The fourth-order valence-electron chi connectivity index (χ4n) is 1.75. The molecule has 1 N–H and O–H groups in total. The molecule has 2 nitrogen and oxygen atoms in total. The Balaban J connectivity index is 3.13. The molecule has 0 fully saturated rings. The quantitative estimate of drug-likeness (QED) is 0.883. The Hall–Kier alpha value is -1.10. The first-order chi connectivity index (χ1) is 7.79. The number of alkyl halides is 3. The summed E-state index contributed by atoms with van der Waals surface area (Å²) >= 11 is 0. The van der Waals surface area contributed by atoms with Crippen LogP contribution >= 0.6 is 0 Å². The van der Waals surface area contributed by atoms with E-state index in [0.29, 0.717) is 13.0 Å². The molecule has 0 atom stereocenters. The third kappa shape index (κ3) is 3.43. The summed E-state index contributed by atoms with van der Waals surface area (Å²) in [5.74, 6) is 0. The predicted octanol–water partition coefficient (Wildman–Crippen LogP) is 2.99. The molecule has 1 aromatic heterocycles. The van der Waals surface area contributed by atoms with Crippen molar-refractivity contribution in [3.05, 3.63) is 29.6 Å². The standard InChI is InChI=1S/C12H17F3N2/c1-11(2,5-7-16-3)10-8-17-6-4-9(10)12(13,14)15/h4,6,8,16H,5,7H2,1-3H3. The Morgan fingerprint density at radius 3 is 2.41 bits per heavy atom. The number of pyridine rings is 1. The van der Waals surface area contributed by atoms with E-state index in [1.807, 2.05) is 0 Å². The van der Waals surface area contributed by atoms with Crippen LogP contribution in [0.4, 0.5) is 13.2 Å². The largest absolute Gasteiger partial charge is 0.416 e. The maximum absolute atomic E-state index is 12.9. The Morgan fingerprint density at radius 2 is 1.88 bits per heavy atom. The van der Waals surface area contributed by atoms with E-state index in [4.69, 9.17) is 0 Å². The minimum absolute atomic E-state index is 0.253. The number of rotatable bonds is 4. The number of aromatic nitrogens is 1. The second-order valence-corrected chi connectivity index (χ2v) is 4.66. The summed E-state index contributed by atoms with van der Waals surface area (Å²) < 4.78 is 38.6. The molecule has 0 aliphatic heterocycles. The van der Waals surface area contributed by atoms with Crippen LogP contribution in [0, 0.1) is 0 Å². The third-order valence-corrected chi connectivity index (χ3v) is 2.86. The van der Waals surface area contributed by atoms with Crippen molar-refractivity contribution >= 4 is 0 Å². The summed E-state index contributed by atoms with van der Waals surface area (Å²) in [4.78, 5) is 3.81. The Morgan fingerprint density at radius 1 is 1.24 bits per heavy atom. The summed E-state index contributed by atoms with van der Waals surface area (Å²) in [5.41, 5.74) is -0.890. The Kier molecular flexibility index (Phi) is 4.14. The lowest BCUT2D eigenvalue weighted by atomic mass is 9.80. The first kappa shape index (κ1) is 14.0. The van der Waals surface area contributed by atoms with E-state index in [9.17, 15) is 13.2 Å². The molecule has 0 unspecified atom stereocenters. The van der Waals surface area contributed by atoms with E-state index in [-0.39, 0.29) is 5.56 Å². The van der Waals surface area contributed by atoms with Gasteiger partial charge in [0.2, 0.25) is 0 Å². The van der Waals surface area contributed by atoms with Crippen LogP contribution in [0.1, 0.15) is 31.4 Å². The zero-order valence-electron chi connectivity index (χ0n) is 10.2. The van der Waals surface area contributed by atoms with Crippen LogP contribution in [-0.4, -0.2) is 18.6 Å². The molecule has 0 saturated carbocycles. The summed E-state index contributed by atoms with van der Waals surface area (Å²) in [6.07, 6.45) is -1.20. The van der Waals surface area contributed by atoms with E-state index < -0.39 is 17.2 Å². The van der Waals surface area contributed by atoms with Gasteiger partial charge in [0.05, 0.1) is 5.56 Å². The molecule has 0 aromatic carbocycles. The van der Waals surface area contributed by atoms with Crippen molar-refractivity contribution in [1.82, 2.24) is 10.3 Å². The van der Waals surface area contributed by atoms with Crippen molar-refractivity contribution in [2.75, 3.05) is 13.6 Å². The van der Waals surface area contributed by atoms with Crippen LogP contribution < -0.4 is 5.32 Å². The fourth-order valence-corrected chi connectivity index (χ4v) is 1.75. The van der Waals surface area contributed by atoms with Gasteiger partial charge >= 0.3 is 6.18 Å². The molecule has 96 valence electrons. The maximum atomic E-state index is 12.9. The van der Waals surface area contributed by atoms with Gasteiger partial charge in [0, 0.05) is 12.4 Å². The second kappa shape index (κ2) is 5.04. The fraction of sp³-hybridized carbons (Fsp3) is 0.583. The lowest BCUT2D eigenvalue weighted by Crippen LogP contribution is -2.27. The van der Waals surface area contributed by atoms with Crippen molar-refractivity contribution in [3.63, 3.8) is 0 Å². The van der Waals surface area contributed by atoms with E-state index in [1.54, 1.807) is 20.9 Å². The molecule has 0 spiro atoms. The van der Waals surface area contributed by atoms with Crippen molar-refractivity contribution in [1.29, 1.82) is 0 Å². The highest BCUT2D eigenvalue weighted by molar-refractivity contribution is 5.32. The molecular formula is C12H17F3N2. The first-order valence-electron chi connectivity index (χ1n) is 5.45. The van der Waals surface area contributed by atoms with Crippen molar-refractivity contribution in [2.45, 2.75) is 31.9 Å². The maximum Gasteiger partial charge on any atom is 0.416 e. The third-order valence-electron chi connectivity index (χ3n) is 2.86. The van der Waals surface area contributed by atoms with Gasteiger partial charge in [-0.2, -0.15) is 13.2 Å². The highest BCUT2D eigenvalue weighted by atomic mass is 19.4. The number of halogens is 3. The molecule has 1 rings (SSSR count). The molecule has 0 aliphatic carbocycles. The van der Waals surface area contributed by atoms with Gasteiger partial charge in [0.25, 0.3) is 0 Å². The van der Waals surface area contributed by atoms with Gasteiger partial charge in [-0.1, -0.05) is 13.8 Å². The van der Waals surface area contributed by atoms with Crippen molar-refractivity contribution < 1.29 is 13.2 Å². The van der Waals surface area contributed by atoms with Crippen LogP contribution in [0.3, 0.4) is 0 Å². The van der Waals surface area contributed by atoms with Crippen LogP contribution in [0.15, 0.2) is 18.5 Å². The van der Waals surface area contributed by atoms with Gasteiger partial charge < -0.3 is 5.32 Å². The van der Waals surface area contributed by atoms with Crippen molar-refractivity contribution in [2.24, 2.45) is 0 Å². The molecule has 0 saturated heterocycles. The van der Waals surface area contributed by atoms with E-state index in [0.717, 1.165) is 6.07 Å². The van der Waals surface area contributed by atoms with Crippen molar-refractivity contribution in [3.8, 4) is 0 Å². The molecule has 0 bridgehead atoms. The lowest BCUT2D eigenvalue weighted by molar-refractivity contribution is -0.138. The SMILES string of the molecule is CNCCC(C)(C)c1cnccc1C(F)(F)F. The first-order valence-corrected chi connectivity index (χ1v) is 5.45. The molecular weight excluding hydrogens is 229 g/mol. The molecule has 5 heteroatoms.